The lowest BCUT2D eigenvalue weighted by Gasteiger charge is -2.25. The molecule has 2 heterocycles. The number of anilines is 3. The summed E-state index contributed by atoms with van der Waals surface area (Å²) in [6, 6.07) is 22.9. The summed E-state index contributed by atoms with van der Waals surface area (Å²) in [5.41, 5.74) is 7.17. The number of carbonyl (C=O) groups is 1. The van der Waals surface area contributed by atoms with Gasteiger partial charge in [-0.05, 0) is 90.4 Å². The number of imidazole rings is 1. The predicted octanol–water partition coefficient (Wildman–Crippen LogP) is 8.43. The fourth-order valence-corrected chi connectivity index (χ4v) is 6.07. The molecule has 8 heteroatoms. The van der Waals surface area contributed by atoms with Gasteiger partial charge in [-0.3, -0.25) is 4.79 Å². The van der Waals surface area contributed by atoms with Crippen molar-refractivity contribution in [2.75, 3.05) is 55.1 Å². The number of fused-ring (bicyclic) bond motifs is 1. The van der Waals surface area contributed by atoms with Crippen LogP contribution < -0.4 is 19.9 Å². The second-order valence-corrected chi connectivity index (χ2v) is 12.4. The Labute approximate surface area is 286 Å². The van der Waals surface area contributed by atoms with Crippen LogP contribution >= 0.6 is 0 Å². The quantitative estimate of drug-likeness (QED) is 0.116. The number of nitrogens with one attached hydrogen (secondary N) is 1. The molecule has 8 nitrogen and oxygen atoms in total. The summed E-state index contributed by atoms with van der Waals surface area (Å²) in [5, 5.41) is 3.16. The van der Waals surface area contributed by atoms with Gasteiger partial charge in [-0.2, -0.15) is 0 Å². The number of hydrogen-bond donors (Lipinski definition) is 1. The number of amides is 1. The number of benzene rings is 3. The van der Waals surface area contributed by atoms with Gasteiger partial charge in [-0.25, -0.2) is 4.98 Å². The first-order chi connectivity index (χ1) is 23.5. The lowest BCUT2D eigenvalue weighted by Crippen LogP contribution is -2.26. The molecule has 3 aromatic carbocycles. The van der Waals surface area contributed by atoms with Crippen LogP contribution in [0.3, 0.4) is 0 Å². The van der Waals surface area contributed by atoms with E-state index in [1.807, 2.05) is 36.7 Å². The van der Waals surface area contributed by atoms with Gasteiger partial charge in [0, 0.05) is 69.2 Å². The molecule has 0 atom stereocenters. The molecule has 0 spiro atoms. The Morgan fingerprint density at radius 2 is 1.67 bits per heavy atom. The van der Waals surface area contributed by atoms with Crippen molar-refractivity contribution in [1.29, 1.82) is 0 Å². The van der Waals surface area contributed by atoms with Crippen molar-refractivity contribution in [3.05, 3.63) is 95.8 Å². The van der Waals surface area contributed by atoms with Crippen molar-refractivity contribution < 1.29 is 14.3 Å². The number of nitrogens with zero attached hydrogens (tertiary/aromatic N) is 4. The first-order valence-electron chi connectivity index (χ1n) is 17.5. The van der Waals surface area contributed by atoms with Gasteiger partial charge in [0.1, 0.15) is 12.4 Å². The van der Waals surface area contributed by atoms with Gasteiger partial charge < -0.3 is 29.2 Å². The average Bonchev–Trinajstić information content (AvgIpc) is 3.49. The fraction of sp³-hybridized carbons (Fsp3) is 0.400. The lowest BCUT2D eigenvalue weighted by molar-refractivity contribution is -0.112. The van der Waals surface area contributed by atoms with E-state index in [0.717, 1.165) is 104 Å². The maximum absolute atomic E-state index is 13.6. The van der Waals surface area contributed by atoms with E-state index in [1.165, 1.54) is 5.69 Å². The molecule has 0 saturated heterocycles. The minimum Gasteiger partial charge on any atom is -0.491 e. The van der Waals surface area contributed by atoms with Gasteiger partial charge in [-0.15, -0.1) is 0 Å². The van der Waals surface area contributed by atoms with E-state index in [2.05, 4.69) is 101 Å². The van der Waals surface area contributed by atoms with Gasteiger partial charge in [0.25, 0.3) is 5.91 Å². The summed E-state index contributed by atoms with van der Waals surface area (Å²) < 4.78 is 13.7. The molecule has 254 valence electrons. The summed E-state index contributed by atoms with van der Waals surface area (Å²) >= 11 is 0. The highest BCUT2D eigenvalue weighted by molar-refractivity contribution is 6.07. The number of unbranched alkanes of at least 4 members (excludes halogenated alkanes) is 1. The second kappa shape index (κ2) is 17.6. The predicted molar refractivity (Wildman–Crippen MR) is 198 cm³/mol. The standard InChI is InChI=1S/C40H51N5O3/c1-5-8-25-47-26-27-48-37-16-11-32(12-17-37)33-13-18-38-35(28-33)29-34(19-23-44(38)21-6-2)39(46)42-36-14-9-31(10-15-36)30-43(4)40-41-20-24-45(40)22-7-3/h9-18,20,24,28-29H,5-8,19,21-23,25-27,30H2,1-4H3,(H,42,46). The first kappa shape index (κ1) is 34.8. The van der Waals surface area contributed by atoms with E-state index in [1.54, 1.807) is 0 Å². The van der Waals surface area contributed by atoms with E-state index in [-0.39, 0.29) is 5.91 Å². The van der Waals surface area contributed by atoms with Crippen LogP contribution in [0.5, 0.6) is 5.75 Å². The Balaban J connectivity index is 1.25. The summed E-state index contributed by atoms with van der Waals surface area (Å²) in [5.74, 6) is 1.73. The zero-order valence-electron chi connectivity index (χ0n) is 29.1. The Bertz CT molecular complexity index is 1630. The largest absolute Gasteiger partial charge is 0.491 e. The van der Waals surface area contributed by atoms with Crippen LogP contribution in [0.4, 0.5) is 17.3 Å². The Morgan fingerprint density at radius 1 is 0.896 bits per heavy atom. The molecule has 1 N–H and O–H groups in total. The zero-order valence-corrected chi connectivity index (χ0v) is 29.1. The molecule has 0 bridgehead atoms. The number of hydrogen-bond acceptors (Lipinski definition) is 6. The molecule has 5 rings (SSSR count). The van der Waals surface area contributed by atoms with Crippen molar-refractivity contribution >= 4 is 29.3 Å². The van der Waals surface area contributed by atoms with Crippen molar-refractivity contribution in [2.45, 2.75) is 66.0 Å². The number of ether oxygens (including phenoxy) is 2. The minimum atomic E-state index is -0.0589. The summed E-state index contributed by atoms with van der Waals surface area (Å²) in [6.07, 6.45) is 10.9. The van der Waals surface area contributed by atoms with Crippen LogP contribution in [0, 0.1) is 0 Å². The molecular weight excluding hydrogens is 598 g/mol. The van der Waals surface area contributed by atoms with E-state index < -0.39 is 0 Å². The SMILES string of the molecule is CCCCOCCOc1ccc(-c2ccc3c(c2)C=C(C(=O)Nc2ccc(CN(C)c4nccn4CCC)cc2)CCN3CCC)cc1. The molecule has 0 radical (unpaired) electrons. The van der Waals surface area contributed by atoms with Crippen LogP contribution in [-0.4, -0.2) is 55.4 Å². The summed E-state index contributed by atoms with van der Waals surface area (Å²) in [7, 11) is 2.06. The Morgan fingerprint density at radius 3 is 2.42 bits per heavy atom. The molecule has 0 unspecified atom stereocenters. The van der Waals surface area contributed by atoms with Gasteiger partial charge in [-0.1, -0.05) is 57.5 Å². The maximum atomic E-state index is 13.6. The molecule has 48 heavy (non-hydrogen) atoms. The van der Waals surface area contributed by atoms with E-state index in [4.69, 9.17) is 9.47 Å². The van der Waals surface area contributed by atoms with Gasteiger partial charge in [0.05, 0.1) is 6.61 Å². The highest BCUT2D eigenvalue weighted by Gasteiger charge is 2.20. The molecule has 1 amide bonds. The maximum Gasteiger partial charge on any atom is 0.251 e. The Hall–Kier alpha value is -4.56. The first-order valence-corrected chi connectivity index (χ1v) is 17.5. The van der Waals surface area contributed by atoms with Crippen molar-refractivity contribution in [1.82, 2.24) is 9.55 Å². The number of carbonyl (C=O) groups excluding carboxylic acids is 1. The monoisotopic (exact) mass is 649 g/mol. The summed E-state index contributed by atoms with van der Waals surface area (Å²) in [4.78, 5) is 22.7. The minimum absolute atomic E-state index is 0.0589. The molecular formula is C40H51N5O3. The van der Waals surface area contributed by atoms with Crippen molar-refractivity contribution in [3.63, 3.8) is 0 Å². The third-order valence-electron chi connectivity index (χ3n) is 8.59. The molecule has 0 fully saturated rings. The van der Waals surface area contributed by atoms with Crippen molar-refractivity contribution in [3.8, 4) is 16.9 Å². The number of rotatable bonds is 17. The Kier molecular flexibility index (Phi) is 12.7. The molecule has 1 aliphatic rings. The second-order valence-electron chi connectivity index (χ2n) is 12.4. The van der Waals surface area contributed by atoms with Crippen molar-refractivity contribution in [2.24, 2.45) is 0 Å². The smallest absolute Gasteiger partial charge is 0.251 e. The molecule has 0 saturated carbocycles. The third-order valence-corrected chi connectivity index (χ3v) is 8.59. The molecule has 1 aromatic heterocycles. The van der Waals surface area contributed by atoms with E-state index >= 15 is 0 Å². The third kappa shape index (κ3) is 9.28. The number of aromatic nitrogens is 2. The topological polar surface area (TPSA) is 71.9 Å². The highest BCUT2D eigenvalue weighted by atomic mass is 16.5. The van der Waals surface area contributed by atoms with Crippen LogP contribution in [0.15, 0.2) is 84.7 Å². The van der Waals surface area contributed by atoms with Gasteiger partial charge in [0.15, 0.2) is 0 Å². The molecule has 0 aliphatic carbocycles. The van der Waals surface area contributed by atoms with Gasteiger partial charge >= 0.3 is 0 Å². The van der Waals surface area contributed by atoms with E-state index in [9.17, 15) is 4.79 Å². The van der Waals surface area contributed by atoms with Crippen LogP contribution in [-0.2, 0) is 22.6 Å². The lowest BCUT2D eigenvalue weighted by atomic mass is 10.00. The normalized spacial score (nSPS) is 12.7. The van der Waals surface area contributed by atoms with Gasteiger partial charge in [0.2, 0.25) is 5.95 Å². The van der Waals surface area contributed by atoms with Crippen LogP contribution in [0.2, 0.25) is 0 Å². The van der Waals surface area contributed by atoms with Crippen LogP contribution in [0.25, 0.3) is 17.2 Å². The fourth-order valence-electron chi connectivity index (χ4n) is 6.07. The van der Waals surface area contributed by atoms with Crippen LogP contribution in [0.1, 0.15) is 64.0 Å². The molecule has 4 aromatic rings. The highest BCUT2D eigenvalue weighted by Crippen LogP contribution is 2.33. The van der Waals surface area contributed by atoms with E-state index in [0.29, 0.717) is 19.6 Å². The summed E-state index contributed by atoms with van der Waals surface area (Å²) in [6.45, 7) is 11.9. The average molecular weight is 650 g/mol. The molecule has 1 aliphatic heterocycles. The number of aryl methyl sites for hydroxylation is 1. The zero-order chi connectivity index (χ0) is 33.7.